The van der Waals surface area contributed by atoms with Crippen LogP contribution >= 0.6 is 23.2 Å². The summed E-state index contributed by atoms with van der Waals surface area (Å²) in [5, 5.41) is 3.65. The number of ether oxygens (including phenoxy) is 1. The summed E-state index contributed by atoms with van der Waals surface area (Å²) < 4.78 is 35.9. The van der Waals surface area contributed by atoms with Gasteiger partial charge in [0.1, 0.15) is 24.1 Å². The molecule has 0 aliphatic rings. The van der Waals surface area contributed by atoms with E-state index in [0.717, 1.165) is 15.4 Å². The normalized spacial score (nSPS) is 12.4. The van der Waals surface area contributed by atoms with Crippen molar-refractivity contribution in [1.29, 1.82) is 0 Å². The predicted octanol–water partition coefficient (Wildman–Crippen LogP) is 8.84. The Bertz CT molecular complexity index is 2040. The number of carbonyl (C=O) groups is 2. The third-order valence-electron chi connectivity index (χ3n) is 8.65. The van der Waals surface area contributed by atoms with Crippen LogP contribution in [0, 0.1) is 6.92 Å². The van der Waals surface area contributed by atoms with E-state index in [1.807, 2.05) is 81.4 Å². The second-order valence-electron chi connectivity index (χ2n) is 12.5. The van der Waals surface area contributed by atoms with E-state index >= 15 is 0 Å². The zero-order valence-electron chi connectivity index (χ0n) is 29.2. The Hall–Kier alpha value is -4.83. The van der Waals surface area contributed by atoms with Crippen LogP contribution in [0.5, 0.6) is 11.5 Å². The average molecular weight is 759 g/mol. The highest BCUT2D eigenvalue weighted by Gasteiger charge is 2.35. The van der Waals surface area contributed by atoms with Crippen LogP contribution in [0.3, 0.4) is 0 Å². The number of para-hydroxylation sites is 1. The van der Waals surface area contributed by atoms with Gasteiger partial charge in [0.05, 0.1) is 10.6 Å². The molecule has 0 radical (unpaired) electrons. The Labute approximate surface area is 316 Å². The molecule has 0 bridgehead atoms. The minimum atomic E-state index is -4.30. The number of amides is 2. The molecule has 0 saturated carbocycles. The van der Waals surface area contributed by atoms with Crippen molar-refractivity contribution in [3.05, 3.63) is 154 Å². The van der Waals surface area contributed by atoms with Crippen LogP contribution in [0.25, 0.3) is 0 Å². The van der Waals surface area contributed by atoms with Crippen molar-refractivity contribution in [3.63, 3.8) is 0 Å². The molecule has 0 spiro atoms. The minimum absolute atomic E-state index is 0.00607. The van der Waals surface area contributed by atoms with Gasteiger partial charge in [0.25, 0.3) is 10.0 Å². The largest absolute Gasteiger partial charge is 0.457 e. The second kappa shape index (κ2) is 17.6. The lowest BCUT2D eigenvalue weighted by Crippen LogP contribution is -2.54. The van der Waals surface area contributed by atoms with Gasteiger partial charge in [0, 0.05) is 34.6 Å². The third-order valence-corrected chi connectivity index (χ3v) is 11.2. The Morgan fingerprint density at radius 3 is 1.94 bits per heavy atom. The van der Waals surface area contributed by atoms with Gasteiger partial charge in [-0.15, -0.1) is 0 Å². The van der Waals surface area contributed by atoms with E-state index in [1.165, 1.54) is 17.0 Å². The number of hydrogen-bond acceptors (Lipinski definition) is 5. The van der Waals surface area contributed by atoms with E-state index < -0.39 is 28.5 Å². The maximum absolute atomic E-state index is 14.8. The Balaban J connectivity index is 1.59. The molecule has 0 saturated heterocycles. The van der Waals surface area contributed by atoms with Crippen molar-refractivity contribution in [3.8, 4) is 11.5 Å². The molecule has 0 aliphatic carbocycles. The van der Waals surface area contributed by atoms with E-state index in [4.69, 9.17) is 27.9 Å². The van der Waals surface area contributed by atoms with Crippen molar-refractivity contribution < 1.29 is 22.7 Å². The predicted molar refractivity (Wildman–Crippen MR) is 208 cm³/mol. The lowest BCUT2D eigenvalue weighted by molar-refractivity contribution is -0.140. The highest BCUT2D eigenvalue weighted by molar-refractivity contribution is 7.92. The van der Waals surface area contributed by atoms with Gasteiger partial charge in [-0.1, -0.05) is 102 Å². The number of rotatable bonds is 15. The van der Waals surface area contributed by atoms with Crippen molar-refractivity contribution in [2.75, 3.05) is 10.8 Å². The SMILES string of the molecule is CCC(C)NC(=O)C(Cc1ccccc1)N(Cc1c(Cl)cccc1Cl)C(=O)CN(c1ccc(Oc2ccccc2)cc1)S(=O)(=O)c1ccc(C)cc1. The average Bonchev–Trinajstić information content (AvgIpc) is 3.14. The molecule has 8 nitrogen and oxygen atoms in total. The topological polar surface area (TPSA) is 96.0 Å². The molecule has 1 N–H and O–H groups in total. The number of nitrogens with zero attached hydrogens (tertiary/aromatic N) is 2. The van der Waals surface area contributed by atoms with Gasteiger partial charge in [-0.05, 0) is 86.5 Å². The summed E-state index contributed by atoms with van der Waals surface area (Å²) in [6.07, 6.45) is 0.827. The molecular formula is C41H41Cl2N3O5S. The Kier molecular flexibility index (Phi) is 13.0. The van der Waals surface area contributed by atoms with Crippen LogP contribution in [-0.4, -0.2) is 43.8 Å². The van der Waals surface area contributed by atoms with Gasteiger partial charge in [-0.25, -0.2) is 8.42 Å². The summed E-state index contributed by atoms with van der Waals surface area (Å²) in [5.74, 6) is 0.0822. The van der Waals surface area contributed by atoms with Crippen molar-refractivity contribution in [1.82, 2.24) is 10.2 Å². The highest BCUT2D eigenvalue weighted by atomic mass is 35.5. The lowest BCUT2D eigenvalue weighted by atomic mass is 10.0. The van der Waals surface area contributed by atoms with Gasteiger partial charge in [-0.3, -0.25) is 13.9 Å². The number of aryl methyl sites for hydroxylation is 1. The standard InChI is InChI=1S/C41H41Cl2N3O5S/c1-4-30(3)44-41(48)39(26-31-12-7-5-8-13-31)45(27-36-37(42)16-11-17-38(36)43)40(47)28-46(52(49,50)35-24-18-29(2)19-25-35)32-20-22-34(23-21-32)51-33-14-9-6-10-15-33/h5-25,30,39H,4,26-28H2,1-3H3,(H,44,48). The van der Waals surface area contributed by atoms with Gasteiger partial charge >= 0.3 is 0 Å². The monoisotopic (exact) mass is 757 g/mol. The molecule has 5 rings (SSSR count). The first kappa shape index (κ1) is 38.4. The number of sulfonamides is 1. The molecule has 5 aromatic carbocycles. The van der Waals surface area contributed by atoms with Crippen LogP contribution in [0.15, 0.2) is 132 Å². The summed E-state index contributed by atoms with van der Waals surface area (Å²) in [4.78, 5) is 30.3. The van der Waals surface area contributed by atoms with Gasteiger partial charge < -0.3 is 15.0 Å². The number of halogens is 2. The molecule has 52 heavy (non-hydrogen) atoms. The quantitative estimate of drug-likeness (QED) is 0.115. The lowest BCUT2D eigenvalue weighted by Gasteiger charge is -2.34. The maximum atomic E-state index is 14.8. The smallest absolute Gasteiger partial charge is 0.264 e. The number of anilines is 1. The Morgan fingerprint density at radius 1 is 0.769 bits per heavy atom. The first-order valence-electron chi connectivity index (χ1n) is 16.9. The fraction of sp³-hybridized carbons (Fsp3) is 0.220. The van der Waals surface area contributed by atoms with E-state index in [0.29, 0.717) is 33.5 Å². The van der Waals surface area contributed by atoms with E-state index in [1.54, 1.807) is 54.6 Å². The summed E-state index contributed by atoms with van der Waals surface area (Å²) >= 11 is 13.3. The van der Waals surface area contributed by atoms with Gasteiger partial charge in [0.2, 0.25) is 11.8 Å². The van der Waals surface area contributed by atoms with Gasteiger partial charge in [0.15, 0.2) is 0 Å². The maximum Gasteiger partial charge on any atom is 0.264 e. The van der Waals surface area contributed by atoms with Gasteiger partial charge in [-0.2, -0.15) is 0 Å². The Morgan fingerprint density at radius 2 is 1.35 bits per heavy atom. The second-order valence-corrected chi connectivity index (χ2v) is 15.2. The van der Waals surface area contributed by atoms with Crippen molar-refractivity contribution in [2.45, 2.75) is 57.1 Å². The minimum Gasteiger partial charge on any atom is -0.457 e. The summed E-state index contributed by atoms with van der Waals surface area (Å²) in [5.41, 5.74) is 2.36. The summed E-state index contributed by atoms with van der Waals surface area (Å²) in [7, 11) is -4.30. The molecule has 0 heterocycles. The number of nitrogens with one attached hydrogen (secondary N) is 1. The zero-order chi connectivity index (χ0) is 37.3. The molecule has 11 heteroatoms. The summed E-state index contributed by atoms with van der Waals surface area (Å²) in [6, 6.07) is 35.2. The molecular weight excluding hydrogens is 717 g/mol. The molecule has 2 atom stereocenters. The fourth-order valence-corrected chi connectivity index (χ4v) is 7.45. The van der Waals surface area contributed by atoms with Crippen LogP contribution in [0.2, 0.25) is 10.0 Å². The van der Waals surface area contributed by atoms with Crippen molar-refractivity contribution in [2.24, 2.45) is 0 Å². The van der Waals surface area contributed by atoms with Crippen LogP contribution in [0.4, 0.5) is 5.69 Å². The first-order valence-corrected chi connectivity index (χ1v) is 19.1. The van der Waals surface area contributed by atoms with Crippen molar-refractivity contribution >= 4 is 50.7 Å². The van der Waals surface area contributed by atoms with Crippen LogP contribution < -0.4 is 14.4 Å². The molecule has 0 fully saturated rings. The highest BCUT2D eigenvalue weighted by Crippen LogP contribution is 2.31. The fourth-order valence-electron chi connectivity index (χ4n) is 5.52. The first-order chi connectivity index (χ1) is 25.0. The molecule has 5 aromatic rings. The van der Waals surface area contributed by atoms with E-state index in [9.17, 15) is 18.0 Å². The summed E-state index contributed by atoms with van der Waals surface area (Å²) in [6.45, 7) is 4.92. The zero-order valence-corrected chi connectivity index (χ0v) is 31.5. The van der Waals surface area contributed by atoms with Crippen LogP contribution in [0.1, 0.15) is 37.0 Å². The molecule has 2 amide bonds. The molecule has 270 valence electrons. The molecule has 0 aromatic heterocycles. The van der Waals surface area contributed by atoms with E-state index in [-0.39, 0.29) is 35.5 Å². The number of hydrogen-bond donors (Lipinski definition) is 1. The molecule has 2 unspecified atom stereocenters. The van der Waals surface area contributed by atoms with Crippen LogP contribution in [-0.2, 0) is 32.6 Å². The third kappa shape index (κ3) is 9.73. The van der Waals surface area contributed by atoms with E-state index in [2.05, 4.69) is 5.32 Å². The number of benzene rings is 5. The number of carbonyl (C=O) groups excluding carboxylic acids is 2. The molecule has 0 aliphatic heterocycles.